The molecule has 4 nitrogen and oxygen atoms in total. The van der Waals surface area contributed by atoms with Gasteiger partial charge in [-0.2, -0.15) is 0 Å². The Kier molecular flexibility index (Phi) is 5.28. The third kappa shape index (κ3) is 3.97. The maximum Gasteiger partial charge on any atom is 0.211 e. The minimum Gasteiger partial charge on any atom is -0.315 e. The lowest BCUT2D eigenvalue weighted by molar-refractivity contribution is 0.986. The van der Waals surface area contributed by atoms with Crippen molar-refractivity contribution in [3.8, 4) is 0 Å². The summed E-state index contributed by atoms with van der Waals surface area (Å²) in [5.41, 5.74) is 0. The van der Waals surface area contributed by atoms with Crippen LogP contribution in [0.25, 0.3) is 0 Å². The molecule has 0 spiro atoms. The van der Waals surface area contributed by atoms with Gasteiger partial charge in [0.2, 0.25) is 5.13 Å². The zero-order valence-electron chi connectivity index (χ0n) is 8.70. The van der Waals surface area contributed by atoms with Crippen LogP contribution in [0.3, 0.4) is 0 Å². The van der Waals surface area contributed by atoms with Gasteiger partial charge in [-0.1, -0.05) is 11.3 Å². The van der Waals surface area contributed by atoms with Crippen LogP contribution in [0.5, 0.6) is 0 Å². The molecule has 0 atom stereocenters. The minimum atomic E-state index is 0.568. The third-order valence-electron chi connectivity index (χ3n) is 1.55. The van der Waals surface area contributed by atoms with E-state index in [1.165, 1.54) is 11.3 Å². The SMILES string of the molecule is CC=N/C(=C\C)Nc1nnc(CCCl)s1. The second kappa shape index (κ2) is 6.53. The van der Waals surface area contributed by atoms with Crippen LogP contribution in [0.4, 0.5) is 5.13 Å². The average molecular weight is 245 g/mol. The molecule has 0 amide bonds. The van der Waals surface area contributed by atoms with Crippen molar-refractivity contribution < 1.29 is 0 Å². The van der Waals surface area contributed by atoms with Gasteiger partial charge in [0.05, 0.1) is 0 Å². The number of aryl methyl sites for hydroxylation is 1. The molecule has 0 radical (unpaired) electrons. The molecule has 0 aromatic carbocycles. The van der Waals surface area contributed by atoms with Crippen LogP contribution in [-0.2, 0) is 6.42 Å². The summed E-state index contributed by atoms with van der Waals surface area (Å²) in [6, 6.07) is 0. The summed E-state index contributed by atoms with van der Waals surface area (Å²) in [5, 5.41) is 12.7. The fourth-order valence-electron chi connectivity index (χ4n) is 0.914. The Bertz CT molecular complexity index is 359. The molecule has 0 saturated heterocycles. The van der Waals surface area contributed by atoms with E-state index in [4.69, 9.17) is 11.6 Å². The highest BCUT2D eigenvalue weighted by molar-refractivity contribution is 7.15. The normalized spacial score (nSPS) is 12.3. The standard InChI is InChI=1S/C9H13ClN4S/c1-3-7(11-4-2)12-9-14-13-8(15-9)5-6-10/h3-4H,5-6H2,1-2H3,(H,12,14)/b7-3+,11-4?. The summed E-state index contributed by atoms with van der Waals surface area (Å²) in [6.07, 6.45) is 4.36. The van der Waals surface area contributed by atoms with Gasteiger partial charge in [0.15, 0.2) is 0 Å². The quantitative estimate of drug-likeness (QED) is 0.640. The maximum absolute atomic E-state index is 5.61. The lowest BCUT2D eigenvalue weighted by Gasteiger charge is -1.99. The van der Waals surface area contributed by atoms with E-state index < -0.39 is 0 Å². The Labute approximate surface area is 98.1 Å². The maximum atomic E-state index is 5.61. The molecule has 1 rings (SSSR count). The predicted octanol–water partition coefficient (Wildman–Crippen LogP) is 2.68. The van der Waals surface area contributed by atoms with Crippen LogP contribution in [0.1, 0.15) is 18.9 Å². The van der Waals surface area contributed by atoms with Crippen molar-refractivity contribution in [2.45, 2.75) is 20.3 Å². The van der Waals surface area contributed by atoms with E-state index in [1.54, 1.807) is 6.21 Å². The van der Waals surface area contributed by atoms with Crippen molar-refractivity contribution in [2.75, 3.05) is 11.2 Å². The molecule has 1 heterocycles. The van der Waals surface area contributed by atoms with Gasteiger partial charge in [-0.15, -0.1) is 21.8 Å². The highest BCUT2D eigenvalue weighted by atomic mass is 35.5. The first-order valence-electron chi connectivity index (χ1n) is 4.60. The van der Waals surface area contributed by atoms with Gasteiger partial charge in [-0.25, -0.2) is 4.99 Å². The third-order valence-corrected chi connectivity index (χ3v) is 2.64. The molecule has 0 aliphatic heterocycles. The number of hydrogen-bond acceptors (Lipinski definition) is 5. The average Bonchev–Trinajstić information content (AvgIpc) is 2.66. The van der Waals surface area contributed by atoms with Crippen molar-refractivity contribution >= 4 is 34.3 Å². The highest BCUT2D eigenvalue weighted by Crippen LogP contribution is 2.17. The molecule has 0 bridgehead atoms. The van der Waals surface area contributed by atoms with Gasteiger partial charge >= 0.3 is 0 Å². The first-order chi connectivity index (χ1) is 7.30. The number of hydrogen-bond donors (Lipinski definition) is 1. The Balaban J connectivity index is 2.63. The Hall–Kier alpha value is -0.940. The molecule has 0 aliphatic rings. The highest BCUT2D eigenvalue weighted by Gasteiger charge is 2.03. The second-order valence-electron chi connectivity index (χ2n) is 2.63. The number of nitrogens with zero attached hydrogens (tertiary/aromatic N) is 3. The monoisotopic (exact) mass is 244 g/mol. The van der Waals surface area contributed by atoms with Crippen molar-refractivity contribution in [3.63, 3.8) is 0 Å². The molecule has 1 aromatic heterocycles. The zero-order valence-corrected chi connectivity index (χ0v) is 10.3. The molecule has 82 valence electrons. The van der Waals surface area contributed by atoms with Crippen LogP contribution in [0.2, 0.25) is 0 Å². The first-order valence-corrected chi connectivity index (χ1v) is 5.95. The van der Waals surface area contributed by atoms with Gasteiger partial charge < -0.3 is 5.32 Å². The molecular weight excluding hydrogens is 232 g/mol. The van der Waals surface area contributed by atoms with Gasteiger partial charge in [-0.05, 0) is 19.9 Å². The fraction of sp³-hybridized carbons (Fsp3) is 0.444. The minimum absolute atomic E-state index is 0.568. The lowest BCUT2D eigenvalue weighted by Crippen LogP contribution is -1.95. The molecule has 0 aliphatic carbocycles. The number of allylic oxidation sites excluding steroid dienone is 1. The molecule has 0 fully saturated rings. The Morgan fingerprint density at radius 1 is 1.53 bits per heavy atom. The van der Waals surface area contributed by atoms with Gasteiger partial charge in [-0.3, -0.25) is 0 Å². The van der Waals surface area contributed by atoms with E-state index in [1.807, 2.05) is 19.9 Å². The van der Waals surface area contributed by atoms with Gasteiger partial charge in [0.25, 0.3) is 0 Å². The molecule has 1 N–H and O–H groups in total. The van der Waals surface area contributed by atoms with Crippen LogP contribution in [-0.4, -0.2) is 22.3 Å². The molecule has 0 saturated carbocycles. The summed E-state index contributed by atoms with van der Waals surface area (Å²) < 4.78 is 0. The lowest BCUT2D eigenvalue weighted by atomic mass is 10.5. The largest absolute Gasteiger partial charge is 0.315 e. The first kappa shape index (κ1) is 12.1. The predicted molar refractivity (Wildman–Crippen MR) is 65.9 cm³/mol. The number of nitrogens with one attached hydrogen (secondary N) is 1. The van der Waals surface area contributed by atoms with E-state index in [0.29, 0.717) is 5.88 Å². The van der Waals surface area contributed by atoms with Crippen LogP contribution >= 0.6 is 22.9 Å². The number of aliphatic imine (C=N–C) groups is 1. The van der Waals surface area contributed by atoms with Gasteiger partial charge in [0, 0.05) is 18.5 Å². The number of rotatable bonds is 5. The summed E-state index contributed by atoms with van der Waals surface area (Å²) in [6.45, 7) is 3.78. The smallest absolute Gasteiger partial charge is 0.211 e. The number of aromatic nitrogens is 2. The summed E-state index contributed by atoms with van der Waals surface area (Å²) in [4.78, 5) is 4.13. The topological polar surface area (TPSA) is 50.2 Å². The van der Waals surface area contributed by atoms with Crippen molar-refractivity contribution in [2.24, 2.45) is 4.99 Å². The number of anilines is 1. The molecule has 6 heteroatoms. The fourth-order valence-corrected chi connectivity index (χ4v) is 1.95. The van der Waals surface area contributed by atoms with E-state index in [0.717, 1.165) is 22.4 Å². The number of halogens is 1. The van der Waals surface area contributed by atoms with Crippen molar-refractivity contribution in [1.82, 2.24) is 10.2 Å². The van der Waals surface area contributed by atoms with Crippen LogP contribution in [0, 0.1) is 0 Å². The molecule has 15 heavy (non-hydrogen) atoms. The zero-order chi connectivity index (χ0) is 11.1. The second-order valence-corrected chi connectivity index (χ2v) is 4.07. The van der Waals surface area contributed by atoms with E-state index in [9.17, 15) is 0 Å². The molecule has 0 unspecified atom stereocenters. The summed E-state index contributed by atoms with van der Waals surface area (Å²) in [7, 11) is 0. The van der Waals surface area contributed by atoms with Crippen molar-refractivity contribution in [1.29, 1.82) is 0 Å². The molecular formula is C9H13ClN4S. The number of alkyl halides is 1. The Morgan fingerprint density at radius 3 is 2.93 bits per heavy atom. The summed E-state index contributed by atoms with van der Waals surface area (Å²) in [5.74, 6) is 1.34. The summed E-state index contributed by atoms with van der Waals surface area (Å²) >= 11 is 7.11. The molecule has 1 aromatic rings. The van der Waals surface area contributed by atoms with E-state index >= 15 is 0 Å². The van der Waals surface area contributed by atoms with E-state index in [2.05, 4.69) is 20.5 Å². The van der Waals surface area contributed by atoms with Gasteiger partial charge in [0.1, 0.15) is 10.8 Å². The van der Waals surface area contributed by atoms with E-state index in [-0.39, 0.29) is 0 Å². The Morgan fingerprint density at radius 2 is 2.33 bits per heavy atom. The van der Waals surface area contributed by atoms with Crippen molar-refractivity contribution in [3.05, 3.63) is 16.9 Å². The van der Waals surface area contributed by atoms with Crippen LogP contribution in [0.15, 0.2) is 16.9 Å². The van der Waals surface area contributed by atoms with Crippen LogP contribution < -0.4 is 5.32 Å².